The summed E-state index contributed by atoms with van der Waals surface area (Å²) in [5.74, 6) is 0.748. The average Bonchev–Trinajstić information content (AvgIpc) is 2.26. The molecule has 0 atom stereocenters. The fourth-order valence-corrected chi connectivity index (χ4v) is 2.48. The van der Waals surface area contributed by atoms with Gasteiger partial charge in [-0.1, -0.05) is 44.5 Å². The largest absolute Gasteiger partial charge is 0.385 e. The molecular weight excluding hydrogens is 196 g/mol. The van der Waals surface area contributed by atoms with Gasteiger partial charge in [-0.05, 0) is 42.7 Å². The summed E-state index contributed by atoms with van der Waals surface area (Å²) in [4.78, 5) is 0. The fraction of sp³-hybridized carbons (Fsp3) is 0.600. The van der Waals surface area contributed by atoms with E-state index in [0.717, 1.165) is 24.3 Å². The normalized spacial score (nSPS) is 17.2. The highest BCUT2D eigenvalue weighted by molar-refractivity contribution is 5.31. The van der Waals surface area contributed by atoms with Crippen LogP contribution in [0.2, 0.25) is 0 Å². The first-order chi connectivity index (χ1) is 7.69. The van der Waals surface area contributed by atoms with Crippen molar-refractivity contribution in [1.82, 2.24) is 0 Å². The highest BCUT2D eigenvalue weighted by Crippen LogP contribution is 2.38. The molecule has 2 rings (SSSR count). The maximum atomic E-state index is 10.5. The Morgan fingerprint density at radius 2 is 1.94 bits per heavy atom. The van der Waals surface area contributed by atoms with Crippen LogP contribution >= 0.6 is 0 Å². The molecule has 1 aromatic carbocycles. The molecule has 1 aliphatic carbocycles. The molecule has 1 heteroatoms. The summed E-state index contributed by atoms with van der Waals surface area (Å²) in [6.45, 7) is 4.11. The predicted octanol–water partition coefficient (Wildman–Crippen LogP) is 3.96. The zero-order chi connectivity index (χ0) is 11.6. The van der Waals surface area contributed by atoms with Crippen LogP contribution in [0.1, 0.15) is 63.0 Å². The summed E-state index contributed by atoms with van der Waals surface area (Å²) < 4.78 is 0. The first kappa shape index (κ1) is 11.7. The Bertz CT molecular complexity index is 348. The highest BCUT2D eigenvalue weighted by atomic mass is 16.3. The first-order valence-electron chi connectivity index (χ1n) is 6.52. The third-order valence-corrected chi connectivity index (χ3v) is 4.17. The van der Waals surface area contributed by atoms with Crippen molar-refractivity contribution in [2.45, 2.75) is 57.5 Å². The SMILES string of the molecule is CCC(O)(CC)c1cccc(C2CCC2)c1. The number of benzene rings is 1. The van der Waals surface area contributed by atoms with Gasteiger partial charge in [-0.25, -0.2) is 0 Å². The molecule has 0 unspecified atom stereocenters. The van der Waals surface area contributed by atoms with Crippen LogP contribution in [0.25, 0.3) is 0 Å². The molecule has 0 saturated heterocycles. The second kappa shape index (κ2) is 4.58. The van der Waals surface area contributed by atoms with Gasteiger partial charge in [0.2, 0.25) is 0 Å². The molecule has 1 N–H and O–H groups in total. The number of hydrogen-bond donors (Lipinski definition) is 1. The van der Waals surface area contributed by atoms with Gasteiger partial charge in [-0.3, -0.25) is 0 Å². The third kappa shape index (κ3) is 2.01. The average molecular weight is 218 g/mol. The second-order valence-electron chi connectivity index (χ2n) is 4.99. The molecule has 0 heterocycles. The molecule has 0 bridgehead atoms. The lowest BCUT2D eigenvalue weighted by Crippen LogP contribution is -2.24. The van der Waals surface area contributed by atoms with E-state index in [9.17, 15) is 5.11 Å². The summed E-state index contributed by atoms with van der Waals surface area (Å²) in [7, 11) is 0. The molecule has 0 spiro atoms. The quantitative estimate of drug-likeness (QED) is 0.811. The standard InChI is InChI=1S/C15H22O/c1-3-15(16,4-2)14-10-6-9-13(11-14)12-7-5-8-12/h6,9-12,16H,3-5,7-8H2,1-2H3. The fourth-order valence-electron chi connectivity index (χ4n) is 2.48. The summed E-state index contributed by atoms with van der Waals surface area (Å²) >= 11 is 0. The van der Waals surface area contributed by atoms with E-state index in [1.54, 1.807) is 0 Å². The van der Waals surface area contributed by atoms with Gasteiger partial charge in [-0.2, -0.15) is 0 Å². The minimum absolute atomic E-state index is 0.625. The Kier molecular flexibility index (Phi) is 3.34. The molecule has 0 radical (unpaired) electrons. The lowest BCUT2D eigenvalue weighted by atomic mass is 9.78. The molecule has 1 nitrogen and oxygen atoms in total. The van der Waals surface area contributed by atoms with E-state index < -0.39 is 5.60 Å². The molecule has 0 aromatic heterocycles. The van der Waals surface area contributed by atoms with E-state index in [4.69, 9.17) is 0 Å². The van der Waals surface area contributed by atoms with Crippen LogP contribution in [-0.2, 0) is 5.60 Å². The van der Waals surface area contributed by atoms with Crippen LogP contribution in [0.15, 0.2) is 24.3 Å². The molecular formula is C15H22O. The molecule has 0 amide bonds. The topological polar surface area (TPSA) is 20.2 Å². The van der Waals surface area contributed by atoms with Crippen LogP contribution in [-0.4, -0.2) is 5.11 Å². The molecule has 16 heavy (non-hydrogen) atoms. The van der Waals surface area contributed by atoms with Crippen molar-refractivity contribution in [1.29, 1.82) is 0 Å². The van der Waals surface area contributed by atoms with Gasteiger partial charge in [0.05, 0.1) is 5.60 Å². The second-order valence-corrected chi connectivity index (χ2v) is 4.99. The Morgan fingerprint density at radius 1 is 1.25 bits per heavy atom. The van der Waals surface area contributed by atoms with E-state index in [2.05, 4.69) is 38.1 Å². The molecule has 1 aliphatic rings. The van der Waals surface area contributed by atoms with E-state index in [1.807, 2.05) is 0 Å². The van der Waals surface area contributed by atoms with E-state index in [-0.39, 0.29) is 0 Å². The molecule has 88 valence electrons. The van der Waals surface area contributed by atoms with Gasteiger partial charge in [0, 0.05) is 0 Å². The van der Waals surface area contributed by atoms with Crippen molar-refractivity contribution in [3.8, 4) is 0 Å². The summed E-state index contributed by atoms with van der Waals surface area (Å²) in [6, 6.07) is 8.59. The highest BCUT2D eigenvalue weighted by Gasteiger charge is 2.26. The summed E-state index contributed by atoms with van der Waals surface area (Å²) in [5, 5.41) is 10.5. The molecule has 1 aromatic rings. The van der Waals surface area contributed by atoms with E-state index >= 15 is 0 Å². The third-order valence-electron chi connectivity index (χ3n) is 4.17. The van der Waals surface area contributed by atoms with Crippen molar-refractivity contribution in [3.63, 3.8) is 0 Å². The van der Waals surface area contributed by atoms with Crippen LogP contribution in [0.5, 0.6) is 0 Å². The van der Waals surface area contributed by atoms with Crippen LogP contribution in [0.3, 0.4) is 0 Å². The van der Waals surface area contributed by atoms with Crippen molar-refractivity contribution in [3.05, 3.63) is 35.4 Å². The summed E-state index contributed by atoms with van der Waals surface area (Å²) in [6.07, 6.45) is 5.58. The summed E-state index contributed by atoms with van der Waals surface area (Å²) in [5.41, 5.74) is 1.89. The maximum absolute atomic E-state index is 10.5. The Morgan fingerprint density at radius 3 is 2.44 bits per heavy atom. The number of aliphatic hydroxyl groups is 1. The van der Waals surface area contributed by atoms with Gasteiger partial charge >= 0.3 is 0 Å². The molecule has 1 fully saturated rings. The Hall–Kier alpha value is -0.820. The number of rotatable bonds is 4. The van der Waals surface area contributed by atoms with Crippen molar-refractivity contribution < 1.29 is 5.11 Å². The minimum Gasteiger partial charge on any atom is -0.385 e. The first-order valence-corrected chi connectivity index (χ1v) is 6.52. The van der Waals surface area contributed by atoms with Crippen LogP contribution in [0, 0.1) is 0 Å². The molecule has 1 saturated carbocycles. The molecule has 0 aliphatic heterocycles. The maximum Gasteiger partial charge on any atom is 0.0891 e. The smallest absolute Gasteiger partial charge is 0.0891 e. The monoisotopic (exact) mass is 218 g/mol. The van der Waals surface area contributed by atoms with Crippen LogP contribution < -0.4 is 0 Å². The van der Waals surface area contributed by atoms with Gasteiger partial charge in [0.15, 0.2) is 0 Å². The van der Waals surface area contributed by atoms with Crippen molar-refractivity contribution in [2.24, 2.45) is 0 Å². The Labute approximate surface area is 98.5 Å². The Balaban J connectivity index is 2.27. The van der Waals surface area contributed by atoms with E-state index in [0.29, 0.717) is 0 Å². The zero-order valence-electron chi connectivity index (χ0n) is 10.4. The lowest BCUT2D eigenvalue weighted by Gasteiger charge is -2.30. The zero-order valence-corrected chi connectivity index (χ0v) is 10.4. The minimum atomic E-state index is -0.625. The van der Waals surface area contributed by atoms with Crippen molar-refractivity contribution in [2.75, 3.05) is 0 Å². The lowest BCUT2D eigenvalue weighted by molar-refractivity contribution is 0.0282. The van der Waals surface area contributed by atoms with E-state index in [1.165, 1.54) is 24.8 Å². The van der Waals surface area contributed by atoms with Gasteiger partial charge in [-0.15, -0.1) is 0 Å². The van der Waals surface area contributed by atoms with Gasteiger partial charge in [0.25, 0.3) is 0 Å². The number of hydrogen-bond acceptors (Lipinski definition) is 1. The van der Waals surface area contributed by atoms with Crippen LogP contribution in [0.4, 0.5) is 0 Å². The van der Waals surface area contributed by atoms with Gasteiger partial charge < -0.3 is 5.11 Å². The predicted molar refractivity (Wildman–Crippen MR) is 67.5 cm³/mol. The van der Waals surface area contributed by atoms with Gasteiger partial charge in [0.1, 0.15) is 0 Å². The van der Waals surface area contributed by atoms with Crippen molar-refractivity contribution >= 4 is 0 Å².